The van der Waals surface area contributed by atoms with E-state index in [1.54, 1.807) is 33.1 Å². The molecule has 0 fully saturated rings. The van der Waals surface area contributed by atoms with Crippen molar-refractivity contribution >= 4 is 45.5 Å². The Bertz CT molecular complexity index is 600. The Morgan fingerprint density at radius 1 is 1.38 bits per heavy atom. The summed E-state index contributed by atoms with van der Waals surface area (Å²) in [4.78, 5) is 4.08. The monoisotopic (exact) mass is 427 g/mol. The molecule has 6 nitrogen and oxygen atoms in total. The molecule has 1 aromatic carbocycles. The van der Waals surface area contributed by atoms with E-state index in [0.29, 0.717) is 11.4 Å². The summed E-state index contributed by atoms with van der Waals surface area (Å²) in [5.74, 6) is 0.777. The summed E-state index contributed by atoms with van der Waals surface area (Å²) in [5.41, 5.74) is 6.44. The molecule has 8 heteroatoms. The van der Waals surface area contributed by atoms with Gasteiger partial charge >= 0.3 is 0 Å². The summed E-state index contributed by atoms with van der Waals surface area (Å²) in [5, 5.41) is 2.89. The summed E-state index contributed by atoms with van der Waals surface area (Å²) in [7, 11) is -1.64. The second-order valence-electron chi connectivity index (χ2n) is 5.06. The highest BCUT2D eigenvalue weighted by Gasteiger charge is 2.29. The molecule has 0 saturated heterocycles. The Labute approximate surface area is 143 Å². The van der Waals surface area contributed by atoms with E-state index in [1.165, 1.54) is 6.26 Å². The molecule has 0 aliphatic rings. The lowest BCUT2D eigenvalue weighted by Gasteiger charge is -2.20. The van der Waals surface area contributed by atoms with Gasteiger partial charge in [0.05, 0.1) is 24.1 Å². The third kappa shape index (κ3) is 5.70. The van der Waals surface area contributed by atoms with Crippen molar-refractivity contribution in [2.75, 3.05) is 25.2 Å². The molecular formula is C13H22IN3O3S. The maximum atomic E-state index is 11.6. The van der Waals surface area contributed by atoms with Gasteiger partial charge in [0.15, 0.2) is 15.8 Å². The highest BCUT2D eigenvalue weighted by molar-refractivity contribution is 14.0. The number of methoxy groups -OCH3 is 1. The van der Waals surface area contributed by atoms with Crippen molar-refractivity contribution in [3.05, 3.63) is 24.3 Å². The maximum Gasteiger partial charge on any atom is 0.193 e. The Morgan fingerprint density at radius 3 is 2.48 bits per heavy atom. The lowest BCUT2D eigenvalue weighted by Crippen LogP contribution is -2.36. The zero-order valence-electron chi connectivity index (χ0n) is 12.6. The van der Waals surface area contributed by atoms with Crippen LogP contribution in [0.4, 0.5) is 5.69 Å². The number of ether oxygens (including phenoxy) is 1. The number of para-hydroxylation sites is 2. The predicted octanol–water partition coefficient (Wildman–Crippen LogP) is 1.86. The molecule has 0 unspecified atom stereocenters. The van der Waals surface area contributed by atoms with E-state index < -0.39 is 14.6 Å². The number of rotatable bonds is 5. The Morgan fingerprint density at radius 2 is 1.95 bits per heavy atom. The zero-order valence-corrected chi connectivity index (χ0v) is 15.7. The van der Waals surface area contributed by atoms with E-state index in [1.807, 2.05) is 12.1 Å². The number of hydrogen-bond donors (Lipinski definition) is 2. The molecule has 0 heterocycles. The number of hydrogen-bond acceptors (Lipinski definition) is 4. The van der Waals surface area contributed by atoms with E-state index in [0.717, 1.165) is 0 Å². The normalized spacial score (nSPS) is 12.5. The van der Waals surface area contributed by atoms with Crippen LogP contribution in [0.25, 0.3) is 0 Å². The number of halogens is 1. The molecule has 0 radical (unpaired) electrons. The third-order valence-electron chi connectivity index (χ3n) is 3.00. The van der Waals surface area contributed by atoms with Crippen LogP contribution in [0.1, 0.15) is 13.8 Å². The van der Waals surface area contributed by atoms with Crippen molar-refractivity contribution in [2.24, 2.45) is 10.7 Å². The highest BCUT2D eigenvalue weighted by atomic mass is 127. The first-order chi connectivity index (χ1) is 9.17. The van der Waals surface area contributed by atoms with Gasteiger partial charge in [-0.15, -0.1) is 24.0 Å². The first kappa shape index (κ1) is 20.0. The molecular weight excluding hydrogens is 405 g/mol. The summed E-state index contributed by atoms with van der Waals surface area (Å²) >= 11 is 0. The lowest BCUT2D eigenvalue weighted by molar-refractivity contribution is 0.417. The standard InChI is InChI=1S/C13H21N3O3S.HI/c1-13(2,20(4,17)18)9-15-12(14)16-10-7-5-6-8-11(10)19-3;/h5-8H,9H2,1-4H3,(H3,14,15,16);1H. The Hall–Kier alpha value is -1.03. The Balaban J connectivity index is 0.00000400. The summed E-state index contributed by atoms with van der Waals surface area (Å²) < 4.78 is 27.4. The molecule has 0 aliphatic carbocycles. The van der Waals surface area contributed by atoms with Crippen LogP contribution >= 0.6 is 24.0 Å². The lowest BCUT2D eigenvalue weighted by atomic mass is 10.2. The number of aliphatic imine (C=N–C) groups is 1. The second kappa shape index (κ2) is 7.83. The van der Waals surface area contributed by atoms with Gasteiger partial charge in [0, 0.05) is 6.26 Å². The average molecular weight is 427 g/mol. The number of sulfone groups is 1. The minimum Gasteiger partial charge on any atom is -0.495 e. The van der Waals surface area contributed by atoms with Crippen molar-refractivity contribution in [1.29, 1.82) is 0 Å². The van der Waals surface area contributed by atoms with Gasteiger partial charge in [-0.3, -0.25) is 4.99 Å². The third-order valence-corrected chi connectivity index (χ3v) is 5.14. The fraction of sp³-hybridized carbons (Fsp3) is 0.462. The SMILES string of the molecule is COc1ccccc1NC(N)=NCC(C)(C)S(C)(=O)=O.I. The quantitative estimate of drug-likeness (QED) is 0.425. The van der Waals surface area contributed by atoms with Crippen molar-refractivity contribution in [3.8, 4) is 5.75 Å². The largest absolute Gasteiger partial charge is 0.495 e. The van der Waals surface area contributed by atoms with Crippen LogP contribution in [0.3, 0.4) is 0 Å². The number of guanidine groups is 1. The number of nitrogens with two attached hydrogens (primary N) is 1. The minimum atomic E-state index is -3.20. The van der Waals surface area contributed by atoms with E-state index in [9.17, 15) is 8.42 Å². The Kier molecular flexibility index (Phi) is 7.45. The van der Waals surface area contributed by atoms with Crippen LogP contribution in [0.2, 0.25) is 0 Å². The predicted molar refractivity (Wildman–Crippen MR) is 97.4 cm³/mol. The first-order valence-electron chi connectivity index (χ1n) is 6.07. The van der Waals surface area contributed by atoms with Crippen molar-refractivity contribution in [3.63, 3.8) is 0 Å². The molecule has 0 bridgehead atoms. The van der Waals surface area contributed by atoms with Crippen LogP contribution in [0, 0.1) is 0 Å². The number of benzene rings is 1. The van der Waals surface area contributed by atoms with E-state index in [-0.39, 0.29) is 36.5 Å². The van der Waals surface area contributed by atoms with Crippen LogP contribution < -0.4 is 15.8 Å². The van der Waals surface area contributed by atoms with Crippen molar-refractivity contribution in [1.82, 2.24) is 0 Å². The van der Waals surface area contributed by atoms with E-state index >= 15 is 0 Å². The number of anilines is 1. The van der Waals surface area contributed by atoms with Gasteiger partial charge in [0.25, 0.3) is 0 Å². The highest BCUT2D eigenvalue weighted by Crippen LogP contribution is 2.22. The minimum absolute atomic E-state index is 0. The van der Waals surface area contributed by atoms with E-state index in [2.05, 4.69) is 10.3 Å². The van der Waals surface area contributed by atoms with Gasteiger partial charge in [0.2, 0.25) is 0 Å². The number of nitrogens with zero attached hydrogens (tertiary/aromatic N) is 1. The topological polar surface area (TPSA) is 93.8 Å². The fourth-order valence-corrected chi connectivity index (χ4v) is 1.62. The molecule has 3 N–H and O–H groups in total. The molecule has 1 aromatic rings. The molecule has 0 amide bonds. The zero-order chi connectivity index (χ0) is 15.4. The molecule has 0 aliphatic heterocycles. The summed E-state index contributed by atoms with van der Waals surface area (Å²) in [6.07, 6.45) is 1.19. The van der Waals surface area contributed by atoms with Crippen molar-refractivity contribution < 1.29 is 13.2 Å². The van der Waals surface area contributed by atoms with Gasteiger partial charge in [-0.25, -0.2) is 8.42 Å². The molecule has 120 valence electrons. The van der Waals surface area contributed by atoms with Gasteiger partial charge in [-0.2, -0.15) is 0 Å². The van der Waals surface area contributed by atoms with Gasteiger partial charge in [-0.05, 0) is 26.0 Å². The second-order valence-corrected chi connectivity index (χ2v) is 7.71. The van der Waals surface area contributed by atoms with Gasteiger partial charge < -0.3 is 15.8 Å². The summed E-state index contributed by atoms with van der Waals surface area (Å²) in [6, 6.07) is 7.25. The van der Waals surface area contributed by atoms with Crippen LogP contribution in [0.5, 0.6) is 5.75 Å². The van der Waals surface area contributed by atoms with Crippen LogP contribution in [-0.4, -0.2) is 39.0 Å². The molecule has 0 aromatic heterocycles. The van der Waals surface area contributed by atoms with Gasteiger partial charge in [-0.1, -0.05) is 12.1 Å². The smallest absolute Gasteiger partial charge is 0.193 e. The fourth-order valence-electron chi connectivity index (χ4n) is 1.32. The molecule has 21 heavy (non-hydrogen) atoms. The first-order valence-corrected chi connectivity index (χ1v) is 7.96. The van der Waals surface area contributed by atoms with Gasteiger partial charge in [0.1, 0.15) is 5.75 Å². The molecule has 1 rings (SSSR count). The number of nitrogens with one attached hydrogen (secondary N) is 1. The summed E-state index contributed by atoms with van der Waals surface area (Å²) in [6.45, 7) is 3.31. The maximum absolute atomic E-state index is 11.6. The average Bonchev–Trinajstić information content (AvgIpc) is 2.36. The molecule has 0 atom stereocenters. The van der Waals surface area contributed by atoms with E-state index in [4.69, 9.17) is 10.5 Å². The van der Waals surface area contributed by atoms with Crippen LogP contribution in [-0.2, 0) is 9.84 Å². The van der Waals surface area contributed by atoms with Crippen molar-refractivity contribution in [2.45, 2.75) is 18.6 Å². The van der Waals surface area contributed by atoms with Crippen LogP contribution in [0.15, 0.2) is 29.3 Å². The molecule has 0 spiro atoms. The molecule has 0 saturated carbocycles.